The van der Waals surface area contributed by atoms with E-state index in [2.05, 4.69) is 20.4 Å². The highest BCUT2D eigenvalue weighted by Crippen LogP contribution is 2.24. The van der Waals surface area contributed by atoms with Crippen LogP contribution in [0.25, 0.3) is 16.9 Å². The summed E-state index contributed by atoms with van der Waals surface area (Å²) in [5.41, 5.74) is 3.54. The normalized spacial score (nSPS) is 11.8. The predicted molar refractivity (Wildman–Crippen MR) is 107 cm³/mol. The van der Waals surface area contributed by atoms with Crippen LogP contribution in [0.2, 0.25) is 0 Å². The van der Waals surface area contributed by atoms with Crippen molar-refractivity contribution in [2.24, 2.45) is 0 Å². The molecule has 1 aromatic carbocycles. The summed E-state index contributed by atoms with van der Waals surface area (Å²) in [6.07, 6.45) is 6.86. The molecule has 138 valence electrons. The molecule has 0 aliphatic rings. The first-order chi connectivity index (χ1) is 13.7. The molecule has 0 aliphatic heterocycles. The molecular formula is C22H19N5O. The molecule has 3 heterocycles. The molecule has 0 fully saturated rings. The zero-order valence-electron chi connectivity index (χ0n) is 15.4. The first-order valence-electron chi connectivity index (χ1n) is 8.99. The van der Waals surface area contributed by atoms with Gasteiger partial charge < -0.3 is 5.32 Å². The van der Waals surface area contributed by atoms with Crippen LogP contribution in [-0.4, -0.2) is 25.7 Å². The first-order valence-corrected chi connectivity index (χ1v) is 8.99. The van der Waals surface area contributed by atoms with Gasteiger partial charge in [0, 0.05) is 30.4 Å². The topological polar surface area (TPSA) is 72.7 Å². The predicted octanol–water partition coefficient (Wildman–Crippen LogP) is 3.82. The Hall–Kier alpha value is -3.80. The van der Waals surface area contributed by atoms with Crippen LogP contribution >= 0.6 is 0 Å². The molecule has 0 saturated carbocycles. The summed E-state index contributed by atoms with van der Waals surface area (Å²) in [4.78, 5) is 21.5. The van der Waals surface area contributed by atoms with E-state index in [1.807, 2.05) is 67.6 Å². The van der Waals surface area contributed by atoms with Gasteiger partial charge in [-0.05, 0) is 43.3 Å². The van der Waals surface area contributed by atoms with Crippen LogP contribution in [0.15, 0.2) is 85.5 Å². The highest BCUT2D eigenvalue weighted by atomic mass is 16.1. The number of aromatic nitrogens is 4. The maximum atomic E-state index is 13.1. The summed E-state index contributed by atoms with van der Waals surface area (Å²) < 4.78 is 1.71. The van der Waals surface area contributed by atoms with Crippen LogP contribution in [0, 0.1) is 0 Å². The summed E-state index contributed by atoms with van der Waals surface area (Å²) in [5.74, 6) is -0.209. The van der Waals surface area contributed by atoms with Crippen LogP contribution in [0.4, 0.5) is 0 Å². The molecule has 0 bridgehead atoms. The quantitative estimate of drug-likeness (QED) is 0.580. The molecule has 0 saturated heterocycles. The van der Waals surface area contributed by atoms with Crippen molar-refractivity contribution in [2.75, 3.05) is 0 Å². The van der Waals surface area contributed by atoms with Crippen LogP contribution in [-0.2, 0) is 0 Å². The number of carbonyl (C=O) groups is 1. The summed E-state index contributed by atoms with van der Waals surface area (Å²) in [7, 11) is 0. The lowest BCUT2D eigenvalue weighted by atomic mass is 10.1. The minimum absolute atomic E-state index is 0.209. The van der Waals surface area contributed by atoms with Crippen molar-refractivity contribution in [2.45, 2.75) is 13.0 Å². The molecule has 0 radical (unpaired) electrons. The lowest BCUT2D eigenvalue weighted by Gasteiger charge is -2.13. The number of para-hydroxylation sites is 1. The fourth-order valence-corrected chi connectivity index (χ4v) is 2.95. The maximum Gasteiger partial charge on any atom is 0.255 e. The van der Waals surface area contributed by atoms with Crippen LogP contribution < -0.4 is 5.32 Å². The lowest BCUT2D eigenvalue weighted by Crippen LogP contribution is -2.27. The van der Waals surface area contributed by atoms with Crippen LogP contribution in [0.1, 0.15) is 29.0 Å². The number of amides is 1. The van der Waals surface area contributed by atoms with Gasteiger partial charge in [0.2, 0.25) is 0 Å². The van der Waals surface area contributed by atoms with E-state index in [0.717, 1.165) is 16.9 Å². The summed E-state index contributed by atoms with van der Waals surface area (Å²) in [6, 6.07) is 18.8. The van der Waals surface area contributed by atoms with Gasteiger partial charge in [0.05, 0.1) is 23.0 Å². The third-order valence-electron chi connectivity index (χ3n) is 4.39. The number of nitrogens with zero attached hydrogens (tertiary/aromatic N) is 4. The zero-order chi connectivity index (χ0) is 19.3. The molecule has 1 atom stereocenters. The summed E-state index contributed by atoms with van der Waals surface area (Å²) in [6.45, 7) is 1.91. The molecule has 0 spiro atoms. The Morgan fingerprint density at radius 2 is 1.82 bits per heavy atom. The van der Waals surface area contributed by atoms with Gasteiger partial charge in [-0.15, -0.1) is 0 Å². The van der Waals surface area contributed by atoms with Gasteiger partial charge in [0.1, 0.15) is 5.69 Å². The van der Waals surface area contributed by atoms with E-state index in [0.29, 0.717) is 11.3 Å². The monoisotopic (exact) mass is 369 g/mol. The van der Waals surface area contributed by atoms with E-state index in [-0.39, 0.29) is 11.9 Å². The summed E-state index contributed by atoms with van der Waals surface area (Å²) >= 11 is 0. The van der Waals surface area contributed by atoms with Crippen molar-refractivity contribution >= 4 is 5.91 Å². The molecule has 1 amide bonds. The Kier molecular flexibility index (Phi) is 4.93. The SMILES string of the molecule is C[C@H](NC(=O)c1cn(-c2ccccc2)nc1-c1cccnc1)c1ccccn1. The molecule has 0 unspecified atom stereocenters. The van der Waals surface area contributed by atoms with Crippen molar-refractivity contribution in [3.63, 3.8) is 0 Å². The van der Waals surface area contributed by atoms with Gasteiger partial charge in [-0.3, -0.25) is 14.8 Å². The average Bonchev–Trinajstić information content (AvgIpc) is 3.21. The second kappa shape index (κ2) is 7.84. The number of pyridine rings is 2. The largest absolute Gasteiger partial charge is 0.344 e. The Morgan fingerprint density at radius 3 is 2.54 bits per heavy atom. The maximum absolute atomic E-state index is 13.1. The van der Waals surface area contributed by atoms with Gasteiger partial charge >= 0.3 is 0 Å². The van der Waals surface area contributed by atoms with E-state index in [9.17, 15) is 4.79 Å². The van der Waals surface area contributed by atoms with E-state index in [4.69, 9.17) is 0 Å². The van der Waals surface area contributed by atoms with Gasteiger partial charge in [-0.25, -0.2) is 4.68 Å². The van der Waals surface area contributed by atoms with Gasteiger partial charge in [-0.2, -0.15) is 5.10 Å². The molecule has 6 heteroatoms. The minimum atomic E-state index is -0.226. The molecule has 4 rings (SSSR count). The Balaban J connectivity index is 1.70. The molecule has 1 N–H and O–H groups in total. The molecule has 4 aromatic rings. The van der Waals surface area contributed by atoms with E-state index >= 15 is 0 Å². The molecule has 6 nitrogen and oxygen atoms in total. The van der Waals surface area contributed by atoms with Crippen molar-refractivity contribution < 1.29 is 4.79 Å². The minimum Gasteiger partial charge on any atom is -0.344 e. The van der Waals surface area contributed by atoms with Crippen molar-refractivity contribution in [3.8, 4) is 16.9 Å². The zero-order valence-corrected chi connectivity index (χ0v) is 15.4. The van der Waals surface area contributed by atoms with Crippen LogP contribution in [0.3, 0.4) is 0 Å². The second-order valence-electron chi connectivity index (χ2n) is 6.36. The average molecular weight is 369 g/mol. The molecule has 0 aliphatic carbocycles. The molecular weight excluding hydrogens is 350 g/mol. The highest BCUT2D eigenvalue weighted by molar-refractivity contribution is 6.00. The van der Waals surface area contributed by atoms with E-state index in [1.165, 1.54) is 0 Å². The number of hydrogen-bond acceptors (Lipinski definition) is 4. The molecule has 28 heavy (non-hydrogen) atoms. The number of hydrogen-bond donors (Lipinski definition) is 1. The second-order valence-corrected chi connectivity index (χ2v) is 6.36. The molecule has 3 aromatic heterocycles. The fourth-order valence-electron chi connectivity index (χ4n) is 2.95. The van der Waals surface area contributed by atoms with Crippen molar-refractivity contribution in [1.29, 1.82) is 0 Å². The number of benzene rings is 1. The van der Waals surface area contributed by atoms with Crippen molar-refractivity contribution in [1.82, 2.24) is 25.1 Å². The Morgan fingerprint density at radius 1 is 1.00 bits per heavy atom. The van der Waals surface area contributed by atoms with Gasteiger partial charge in [0.15, 0.2) is 0 Å². The first kappa shape index (κ1) is 17.6. The highest BCUT2D eigenvalue weighted by Gasteiger charge is 2.21. The number of carbonyl (C=O) groups excluding carboxylic acids is 1. The number of rotatable bonds is 5. The number of nitrogens with one attached hydrogen (secondary N) is 1. The third kappa shape index (κ3) is 3.66. The smallest absolute Gasteiger partial charge is 0.255 e. The lowest BCUT2D eigenvalue weighted by molar-refractivity contribution is 0.0939. The summed E-state index contributed by atoms with van der Waals surface area (Å²) in [5, 5.41) is 7.66. The Bertz CT molecular complexity index is 1060. The Labute approximate surface area is 162 Å². The third-order valence-corrected chi connectivity index (χ3v) is 4.39. The standard InChI is InChI=1S/C22H19N5O/c1-16(20-11-5-6-13-24-20)25-22(28)19-15-27(18-9-3-2-4-10-18)26-21(19)17-8-7-12-23-14-17/h2-16H,1H3,(H,25,28)/t16-/m0/s1. The van der Waals surface area contributed by atoms with Gasteiger partial charge in [-0.1, -0.05) is 24.3 Å². The van der Waals surface area contributed by atoms with Crippen molar-refractivity contribution in [3.05, 3.63) is 96.7 Å². The van der Waals surface area contributed by atoms with Gasteiger partial charge in [0.25, 0.3) is 5.91 Å². The fraction of sp³-hybridized carbons (Fsp3) is 0.0909. The van der Waals surface area contributed by atoms with E-state index < -0.39 is 0 Å². The van der Waals surface area contributed by atoms with E-state index in [1.54, 1.807) is 29.5 Å². The van der Waals surface area contributed by atoms with Crippen LogP contribution in [0.5, 0.6) is 0 Å².